The summed E-state index contributed by atoms with van der Waals surface area (Å²) in [4.78, 5) is 21.0. The molecular formula is C15H23N3O3S2. The summed E-state index contributed by atoms with van der Waals surface area (Å²) >= 11 is 1.66. The summed E-state index contributed by atoms with van der Waals surface area (Å²) in [6.45, 7) is 4.39. The number of thiazole rings is 1. The summed E-state index contributed by atoms with van der Waals surface area (Å²) in [6.07, 6.45) is 3.47. The lowest BCUT2D eigenvalue weighted by atomic mass is 10.0. The van der Waals surface area contributed by atoms with Gasteiger partial charge < -0.3 is 9.80 Å². The number of aryl methyl sites for hydroxylation is 1. The highest BCUT2D eigenvalue weighted by Crippen LogP contribution is 2.29. The molecule has 0 aromatic carbocycles. The van der Waals surface area contributed by atoms with Crippen LogP contribution in [0.15, 0.2) is 5.38 Å². The fourth-order valence-electron chi connectivity index (χ4n) is 3.56. The second-order valence-corrected chi connectivity index (χ2v) is 9.72. The summed E-state index contributed by atoms with van der Waals surface area (Å²) in [5.41, 5.74) is 1.05. The maximum atomic E-state index is 12.2. The second-order valence-electron chi connectivity index (χ2n) is 6.70. The van der Waals surface area contributed by atoms with E-state index in [-0.39, 0.29) is 23.6 Å². The average Bonchev–Trinajstić information content (AvgIpc) is 3.03. The van der Waals surface area contributed by atoms with Crippen molar-refractivity contribution in [3.63, 3.8) is 0 Å². The fraction of sp³-hybridized carbons (Fsp3) is 0.733. The maximum Gasteiger partial charge on any atom is 0.223 e. The quantitative estimate of drug-likeness (QED) is 0.813. The van der Waals surface area contributed by atoms with Gasteiger partial charge in [-0.25, -0.2) is 13.4 Å². The van der Waals surface area contributed by atoms with Crippen molar-refractivity contribution < 1.29 is 13.2 Å². The van der Waals surface area contributed by atoms with Crippen LogP contribution in [0.1, 0.15) is 25.0 Å². The number of amides is 1. The Bertz CT molecular complexity index is 678. The van der Waals surface area contributed by atoms with Crippen LogP contribution >= 0.6 is 11.3 Å². The van der Waals surface area contributed by atoms with E-state index >= 15 is 0 Å². The summed E-state index contributed by atoms with van der Waals surface area (Å²) in [5, 5.41) is 3.12. The normalized spacial score (nSPS) is 23.7. The Kier molecular flexibility index (Phi) is 4.64. The number of aromatic nitrogens is 1. The SMILES string of the molecule is Cc1csc(N2CCC(N3CC(CS(C)(=O)=O)CC3=O)CC2)n1. The molecule has 1 aromatic rings. The van der Waals surface area contributed by atoms with Gasteiger partial charge >= 0.3 is 0 Å². The lowest BCUT2D eigenvalue weighted by Crippen LogP contribution is -2.45. The predicted octanol–water partition coefficient (Wildman–Crippen LogP) is 1.31. The highest BCUT2D eigenvalue weighted by Gasteiger charge is 2.37. The highest BCUT2D eigenvalue weighted by atomic mass is 32.2. The van der Waals surface area contributed by atoms with Gasteiger partial charge in [-0.05, 0) is 25.7 Å². The summed E-state index contributed by atoms with van der Waals surface area (Å²) in [5.74, 6) is 0.186. The Labute approximate surface area is 141 Å². The summed E-state index contributed by atoms with van der Waals surface area (Å²) in [7, 11) is -3.02. The first-order chi connectivity index (χ1) is 10.8. The molecular weight excluding hydrogens is 334 g/mol. The molecule has 2 aliphatic heterocycles. The van der Waals surface area contributed by atoms with Gasteiger partial charge in [0, 0.05) is 43.7 Å². The lowest BCUT2D eigenvalue weighted by Gasteiger charge is -2.36. The molecule has 1 aromatic heterocycles. The van der Waals surface area contributed by atoms with Crippen LogP contribution in [0.5, 0.6) is 0 Å². The molecule has 1 amide bonds. The molecule has 0 bridgehead atoms. The summed E-state index contributed by atoms with van der Waals surface area (Å²) in [6, 6.07) is 0.240. The Morgan fingerprint density at radius 3 is 2.61 bits per heavy atom. The van der Waals surface area contributed by atoms with E-state index in [1.165, 1.54) is 6.26 Å². The topological polar surface area (TPSA) is 70.6 Å². The fourth-order valence-corrected chi connectivity index (χ4v) is 5.49. The molecule has 8 heteroatoms. The van der Waals surface area contributed by atoms with Crippen LogP contribution in [-0.4, -0.2) is 61.9 Å². The standard InChI is InChI=1S/C15H23N3O3S2/c1-11-9-22-15(16-11)17-5-3-13(4-6-17)18-8-12(7-14(18)19)10-23(2,20)21/h9,12-13H,3-8,10H2,1-2H3. The van der Waals surface area contributed by atoms with Gasteiger partial charge in [0.25, 0.3) is 0 Å². The minimum atomic E-state index is -3.02. The van der Waals surface area contributed by atoms with Crippen molar-refractivity contribution in [2.75, 3.05) is 36.5 Å². The zero-order chi connectivity index (χ0) is 16.6. The van der Waals surface area contributed by atoms with Crippen LogP contribution in [0.25, 0.3) is 0 Å². The number of likely N-dealkylation sites (tertiary alicyclic amines) is 1. The van der Waals surface area contributed by atoms with Crippen LogP contribution in [0.4, 0.5) is 5.13 Å². The Balaban J connectivity index is 1.56. The van der Waals surface area contributed by atoms with Crippen LogP contribution in [-0.2, 0) is 14.6 Å². The van der Waals surface area contributed by atoms with E-state index in [0.717, 1.165) is 36.8 Å². The molecule has 6 nitrogen and oxygen atoms in total. The zero-order valence-electron chi connectivity index (χ0n) is 13.6. The molecule has 2 fully saturated rings. The van der Waals surface area contributed by atoms with Crippen molar-refractivity contribution in [3.05, 3.63) is 11.1 Å². The Morgan fingerprint density at radius 1 is 1.35 bits per heavy atom. The van der Waals surface area contributed by atoms with E-state index in [0.29, 0.717) is 13.0 Å². The third-order valence-corrected chi connectivity index (χ3v) is 6.66. The molecule has 3 rings (SSSR count). The van der Waals surface area contributed by atoms with E-state index in [9.17, 15) is 13.2 Å². The van der Waals surface area contributed by atoms with Gasteiger partial charge in [0.1, 0.15) is 9.84 Å². The number of hydrogen-bond acceptors (Lipinski definition) is 6. The van der Waals surface area contributed by atoms with Crippen molar-refractivity contribution >= 4 is 32.2 Å². The molecule has 23 heavy (non-hydrogen) atoms. The minimum Gasteiger partial charge on any atom is -0.348 e. The molecule has 0 saturated carbocycles. The molecule has 1 atom stereocenters. The van der Waals surface area contributed by atoms with Gasteiger partial charge in [-0.15, -0.1) is 11.3 Å². The monoisotopic (exact) mass is 357 g/mol. The van der Waals surface area contributed by atoms with Crippen molar-refractivity contribution in [1.29, 1.82) is 0 Å². The molecule has 0 aliphatic carbocycles. The van der Waals surface area contributed by atoms with Crippen LogP contribution in [0, 0.1) is 12.8 Å². The second kappa shape index (κ2) is 6.39. The largest absolute Gasteiger partial charge is 0.348 e. The molecule has 0 spiro atoms. The van der Waals surface area contributed by atoms with Gasteiger partial charge in [0.05, 0.1) is 11.4 Å². The van der Waals surface area contributed by atoms with E-state index in [4.69, 9.17) is 0 Å². The number of sulfone groups is 1. The van der Waals surface area contributed by atoms with Gasteiger partial charge in [0.15, 0.2) is 5.13 Å². The number of hydrogen-bond donors (Lipinski definition) is 0. The smallest absolute Gasteiger partial charge is 0.223 e. The zero-order valence-corrected chi connectivity index (χ0v) is 15.2. The van der Waals surface area contributed by atoms with Gasteiger partial charge in [-0.3, -0.25) is 4.79 Å². The summed E-state index contributed by atoms with van der Waals surface area (Å²) < 4.78 is 22.9. The first-order valence-corrected chi connectivity index (χ1v) is 10.9. The van der Waals surface area contributed by atoms with Gasteiger partial charge in [-0.1, -0.05) is 0 Å². The molecule has 2 aliphatic rings. The van der Waals surface area contributed by atoms with E-state index in [1.807, 2.05) is 11.8 Å². The van der Waals surface area contributed by atoms with Gasteiger partial charge in [0.2, 0.25) is 5.91 Å². The van der Waals surface area contributed by atoms with E-state index in [2.05, 4.69) is 15.3 Å². The number of piperidine rings is 1. The number of rotatable bonds is 4. The number of nitrogens with zero attached hydrogens (tertiary/aromatic N) is 3. The maximum absolute atomic E-state index is 12.2. The van der Waals surface area contributed by atoms with Crippen molar-refractivity contribution in [1.82, 2.24) is 9.88 Å². The first-order valence-electron chi connectivity index (χ1n) is 7.96. The minimum absolute atomic E-state index is 0.0443. The van der Waals surface area contributed by atoms with Crippen LogP contribution in [0.3, 0.4) is 0 Å². The highest BCUT2D eigenvalue weighted by molar-refractivity contribution is 7.90. The van der Waals surface area contributed by atoms with E-state index in [1.54, 1.807) is 11.3 Å². The third kappa shape index (κ3) is 4.03. The Hall–Kier alpha value is -1.15. The lowest BCUT2D eigenvalue weighted by molar-refractivity contribution is -0.130. The predicted molar refractivity (Wildman–Crippen MR) is 91.6 cm³/mol. The average molecular weight is 358 g/mol. The van der Waals surface area contributed by atoms with Crippen LogP contribution in [0.2, 0.25) is 0 Å². The molecule has 2 saturated heterocycles. The van der Waals surface area contributed by atoms with Crippen molar-refractivity contribution in [2.45, 2.75) is 32.2 Å². The number of carbonyl (C=O) groups is 1. The van der Waals surface area contributed by atoms with Crippen molar-refractivity contribution in [3.8, 4) is 0 Å². The number of anilines is 1. The van der Waals surface area contributed by atoms with E-state index < -0.39 is 9.84 Å². The number of carbonyl (C=O) groups excluding carboxylic acids is 1. The molecule has 1 unspecified atom stereocenters. The molecule has 0 N–H and O–H groups in total. The van der Waals surface area contributed by atoms with Crippen molar-refractivity contribution in [2.24, 2.45) is 5.92 Å². The van der Waals surface area contributed by atoms with Gasteiger partial charge in [-0.2, -0.15) is 0 Å². The third-order valence-electron chi connectivity index (χ3n) is 4.56. The molecule has 3 heterocycles. The first kappa shape index (κ1) is 16.7. The Morgan fingerprint density at radius 2 is 2.04 bits per heavy atom. The molecule has 0 radical (unpaired) electrons. The van der Waals surface area contributed by atoms with Crippen LogP contribution < -0.4 is 4.90 Å². The molecule has 128 valence electrons.